The Labute approximate surface area is 149 Å². The van der Waals surface area contributed by atoms with Gasteiger partial charge >= 0.3 is 5.97 Å². The Morgan fingerprint density at radius 2 is 1.81 bits per heavy atom. The van der Waals surface area contributed by atoms with Gasteiger partial charge in [-0.15, -0.1) is 0 Å². The third-order valence-corrected chi connectivity index (χ3v) is 3.97. The Kier molecular flexibility index (Phi) is 6.09. The number of hydrogen-bond donors (Lipinski definition) is 6. The molecule has 26 heavy (non-hydrogen) atoms. The summed E-state index contributed by atoms with van der Waals surface area (Å²) in [4.78, 5) is 11.1. The van der Waals surface area contributed by atoms with Gasteiger partial charge in [0.25, 0.3) is 0 Å². The summed E-state index contributed by atoms with van der Waals surface area (Å²) in [5.41, 5.74) is 1.42. The average molecular weight is 370 g/mol. The van der Waals surface area contributed by atoms with Gasteiger partial charge in [-0.1, -0.05) is 17.7 Å². The van der Waals surface area contributed by atoms with Gasteiger partial charge in [0.05, 0.1) is 0 Å². The minimum Gasteiger partial charge on any atom is -0.504 e. The number of benzene rings is 1. The highest BCUT2D eigenvalue weighted by Crippen LogP contribution is 2.40. The number of carboxylic acids is 1. The molecule has 9 heteroatoms. The number of carboxylic acid groups (broad SMARTS) is 1. The van der Waals surface area contributed by atoms with E-state index in [2.05, 4.69) is 0 Å². The summed E-state index contributed by atoms with van der Waals surface area (Å²) in [5.74, 6) is -2.87. The highest BCUT2D eigenvalue weighted by Gasteiger charge is 2.48. The molecule has 9 nitrogen and oxygen atoms in total. The molecule has 1 aliphatic rings. The summed E-state index contributed by atoms with van der Waals surface area (Å²) in [6.45, 7) is 3.75. The first kappa shape index (κ1) is 20.0. The summed E-state index contributed by atoms with van der Waals surface area (Å²) >= 11 is 0. The summed E-state index contributed by atoms with van der Waals surface area (Å²) in [5, 5.41) is 58.7. The zero-order valence-electron chi connectivity index (χ0n) is 14.2. The van der Waals surface area contributed by atoms with E-state index in [-0.39, 0.29) is 0 Å². The van der Waals surface area contributed by atoms with Crippen molar-refractivity contribution >= 4 is 5.97 Å². The van der Waals surface area contributed by atoms with E-state index >= 15 is 0 Å². The summed E-state index contributed by atoms with van der Waals surface area (Å²) in [6.07, 6.45) is -6.93. The fourth-order valence-corrected chi connectivity index (χ4v) is 2.46. The van der Waals surface area contributed by atoms with Gasteiger partial charge in [-0.3, -0.25) is 0 Å². The van der Waals surface area contributed by atoms with E-state index < -0.39 is 53.9 Å². The van der Waals surface area contributed by atoms with Crippen molar-refractivity contribution in [2.45, 2.75) is 51.0 Å². The number of carbonyl (C=O) groups is 1. The topological polar surface area (TPSA) is 157 Å². The maximum Gasteiger partial charge on any atom is 0.335 e. The van der Waals surface area contributed by atoms with Crippen LogP contribution >= 0.6 is 0 Å². The van der Waals surface area contributed by atoms with Crippen LogP contribution in [-0.2, 0) is 16.0 Å². The maximum absolute atomic E-state index is 11.1. The zero-order valence-corrected chi connectivity index (χ0v) is 14.2. The molecule has 5 unspecified atom stereocenters. The Bertz CT molecular complexity index is 696. The molecule has 0 bridgehead atoms. The molecule has 0 saturated carbocycles. The first-order valence-corrected chi connectivity index (χ1v) is 7.89. The van der Waals surface area contributed by atoms with Gasteiger partial charge in [0, 0.05) is 5.56 Å². The van der Waals surface area contributed by atoms with Crippen LogP contribution in [0.25, 0.3) is 0 Å². The van der Waals surface area contributed by atoms with Crippen molar-refractivity contribution in [2.24, 2.45) is 0 Å². The van der Waals surface area contributed by atoms with Crippen LogP contribution in [0.3, 0.4) is 0 Å². The molecule has 144 valence electrons. The molecule has 2 rings (SSSR count). The lowest BCUT2D eigenvalue weighted by atomic mass is 9.99. The van der Waals surface area contributed by atoms with Crippen LogP contribution in [0.2, 0.25) is 0 Å². The van der Waals surface area contributed by atoms with Gasteiger partial charge in [0.2, 0.25) is 12.0 Å². The molecule has 0 radical (unpaired) electrons. The Hall–Kier alpha value is -2.33. The van der Waals surface area contributed by atoms with Crippen molar-refractivity contribution in [1.29, 1.82) is 0 Å². The molecule has 0 aromatic heterocycles. The number of ether oxygens (including phenoxy) is 2. The van der Waals surface area contributed by atoms with Crippen LogP contribution in [0.1, 0.15) is 19.4 Å². The van der Waals surface area contributed by atoms with Crippen LogP contribution in [0.5, 0.6) is 17.2 Å². The van der Waals surface area contributed by atoms with E-state index in [1.807, 2.05) is 19.9 Å². The van der Waals surface area contributed by atoms with E-state index in [9.17, 15) is 30.3 Å². The molecule has 6 N–H and O–H groups in total. The average Bonchev–Trinajstić information content (AvgIpc) is 2.57. The van der Waals surface area contributed by atoms with E-state index in [4.69, 9.17) is 14.6 Å². The minimum atomic E-state index is -1.87. The second kappa shape index (κ2) is 7.92. The highest BCUT2D eigenvalue weighted by molar-refractivity contribution is 5.73. The van der Waals surface area contributed by atoms with Gasteiger partial charge in [0.1, 0.15) is 18.3 Å². The van der Waals surface area contributed by atoms with Crippen molar-refractivity contribution in [3.05, 3.63) is 29.3 Å². The molecule has 1 aromatic carbocycles. The van der Waals surface area contributed by atoms with E-state index in [1.165, 1.54) is 12.1 Å². The maximum atomic E-state index is 11.1. The predicted octanol–water partition coefficient (Wildman–Crippen LogP) is -0.123. The number of aromatic hydroxyl groups is 2. The minimum absolute atomic E-state index is 0.345. The molecule has 1 aliphatic heterocycles. The predicted molar refractivity (Wildman–Crippen MR) is 87.9 cm³/mol. The summed E-state index contributed by atoms with van der Waals surface area (Å²) < 4.78 is 10.2. The van der Waals surface area contributed by atoms with Crippen LogP contribution in [-0.4, -0.2) is 67.3 Å². The number of aliphatic hydroxyl groups excluding tert-OH is 3. The Balaban J connectivity index is 2.30. The van der Waals surface area contributed by atoms with Gasteiger partial charge in [-0.05, 0) is 26.3 Å². The fourth-order valence-electron chi connectivity index (χ4n) is 2.46. The van der Waals surface area contributed by atoms with Crippen molar-refractivity contribution < 1.29 is 44.9 Å². The third kappa shape index (κ3) is 4.07. The van der Waals surface area contributed by atoms with Gasteiger partial charge in [-0.2, -0.15) is 0 Å². The lowest BCUT2D eigenvalue weighted by Crippen LogP contribution is -2.61. The van der Waals surface area contributed by atoms with E-state index in [1.54, 1.807) is 0 Å². The molecular formula is C17H22O9. The summed E-state index contributed by atoms with van der Waals surface area (Å²) in [7, 11) is 0. The number of aliphatic hydroxyl groups is 3. The van der Waals surface area contributed by atoms with Gasteiger partial charge < -0.3 is 40.1 Å². The number of phenols is 2. The lowest BCUT2D eigenvalue weighted by Gasteiger charge is -2.38. The quantitative estimate of drug-likeness (QED) is 0.389. The second-order valence-corrected chi connectivity index (χ2v) is 6.26. The summed E-state index contributed by atoms with van der Waals surface area (Å²) in [6, 6.07) is 2.74. The molecule has 1 heterocycles. The molecule has 1 fully saturated rings. The van der Waals surface area contributed by atoms with E-state index in [0.29, 0.717) is 12.0 Å². The van der Waals surface area contributed by atoms with Crippen LogP contribution in [0.4, 0.5) is 0 Å². The van der Waals surface area contributed by atoms with Crippen molar-refractivity contribution in [3.8, 4) is 17.2 Å². The smallest absolute Gasteiger partial charge is 0.335 e. The molecule has 5 atom stereocenters. The Morgan fingerprint density at radius 1 is 1.15 bits per heavy atom. The van der Waals surface area contributed by atoms with Crippen molar-refractivity contribution in [1.82, 2.24) is 0 Å². The molecular weight excluding hydrogens is 348 g/mol. The van der Waals surface area contributed by atoms with Crippen LogP contribution in [0, 0.1) is 0 Å². The SMILES string of the molecule is CC(C)=CCc1ccc(O)c(OC2OC(C(=O)O)C(O)C(O)C2O)c1O. The Morgan fingerprint density at radius 3 is 2.38 bits per heavy atom. The molecule has 0 amide bonds. The second-order valence-electron chi connectivity index (χ2n) is 6.26. The molecule has 1 aromatic rings. The third-order valence-electron chi connectivity index (χ3n) is 3.97. The largest absolute Gasteiger partial charge is 0.504 e. The first-order chi connectivity index (χ1) is 12.1. The van der Waals surface area contributed by atoms with E-state index in [0.717, 1.165) is 5.57 Å². The normalized spacial score (nSPS) is 28.4. The van der Waals surface area contributed by atoms with Crippen LogP contribution in [0.15, 0.2) is 23.8 Å². The fraction of sp³-hybridized carbons (Fsp3) is 0.471. The molecule has 0 spiro atoms. The number of allylic oxidation sites excluding steroid dienone is 2. The molecule has 0 aliphatic carbocycles. The number of hydrogen-bond acceptors (Lipinski definition) is 8. The number of aliphatic carboxylic acids is 1. The van der Waals surface area contributed by atoms with Crippen LogP contribution < -0.4 is 4.74 Å². The highest BCUT2D eigenvalue weighted by atomic mass is 16.7. The number of phenolic OH excluding ortho intramolecular Hbond substituents is 2. The first-order valence-electron chi connectivity index (χ1n) is 7.89. The zero-order chi connectivity index (χ0) is 19.6. The number of rotatable bonds is 5. The lowest BCUT2D eigenvalue weighted by molar-refractivity contribution is -0.271. The monoisotopic (exact) mass is 370 g/mol. The standard InChI is InChI=1S/C17H22O9/c1-7(2)3-4-8-5-6-9(18)14(10(8)19)25-17-13(22)11(20)12(21)15(26-17)16(23)24/h3,5-6,11-13,15,17-22H,4H2,1-2H3,(H,23,24). The molecule has 1 saturated heterocycles. The van der Waals surface area contributed by atoms with Crippen molar-refractivity contribution in [3.63, 3.8) is 0 Å². The van der Waals surface area contributed by atoms with Gasteiger partial charge in [-0.25, -0.2) is 4.79 Å². The van der Waals surface area contributed by atoms with Gasteiger partial charge in [0.15, 0.2) is 17.6 Å². The van der Waals surface area contributed by atoms with Crippen molar-refractivity contribution in [2.75, 3.05) is 0 Å².